The fourth-order valence-electron chi connectivity index (χ4n) is 3.66. The fourth-order valence-corrected chi connectivity index (χ4v) is 5.71. The van der Waals surface area contributed by atoms with Gasteiger partial charge in [0.05, 0.1) is 5.56 Å². The molecule has 0 aliphatic carbocycles. The molecular formula is C25H24O2S2. The highest BCUT2D eigenvalue weighted by Crippen LogP contribution is 2.47. The number of thiophene rings is 1. The number of carboxylic acid groups (broad SMARTS) is 1. The Hall–Kier alpha value is -2.30. The number of benzene rings is 2. The normalized spacial score (nSPS) is 14.9. The van der Waals surface area contributed by atoms with Gasteiger partial charge in [-0.05, 0) is 92.3 Å². The molecule has 0 atom stereocenters. The largest absolute Gasteiger partial charge is 0.478 e. The van der Waals surface area contributed by atoms with Gasteiger partial charge in [0.25, 0.3) is 0 Å². The predicted octanol–water partition coefficient (Wildman–Crippen LogP) is 6.86. The zero-order valence-electron chi connectivity index (χ0n) is 16.9. The van der Waals surface area contributed by atoms with Gasteiger partial charge in [-0.3, -0.25) is 0 Å². The van der Waals surface area contributed by atoms with Gasteiger partial charge in [0.15, 0.2) is 0 Å². The van der Waals surface area contributed by atoms with Gasteiger partial charge in [-0.2, -0.15) is 0 Å². The van der Waals surface area contributed by atoms with E-state index in [2.05, 4.69) is 57.2 Å². The van der Waals surface area contributed by atoms with E-state index < -0.39 is 5.97 Å². The SMILES string of the molecule is Cc1ccc(C2=CC(C)(C)Sc3ccc(CCc4ccc(C(=O)O)cc4)cc32)s1. The average molecular weight is 421 g/mol. The van der Waals surface area contributed by atoms with Crippen LogP contribution in [-0.2, 0) is 12.8 Å². The van der Waals surface area contributed by atoms with Crippen molar-refractivity contribution in [1.29, 1.82) is 0 Å². The summed E-state index contributed by atoms with van der Waals surface area (Å²) in [5.41, 5.74) is 5.48. The molecule has 3 aromatic rings. The molecule has 0 unspecified atom stereocenters. The molecule has 2 heterocycles. The molecule has 0 saturated carbocycles. The highest BCUT2D eigenvalue weighted by molar-refractivity contribution is 8.01. The second-order valence-corrected chi connectivity index (χ2v) is 11.0. The molecule has 29 heavy (non-hydrogen) atoms. The molecule has 0 bridgehead atoms. The first kappa shape index (κ1) is 20.0. The standard InChI is InChI=1S/C25H24O2S2/c1-16-4-12-22(28-16)21-15-25(2,3)29-23-13-9-18(14-20(21)23)6-5-17-7-10-19(11-8-17)24(26)27/h4,7-15H,5-6H2,1-3H3,(H,26,27). The van der Waals surface area contributed by atoms with E-state index in [4.69, 9.17) is 5.11 Å². The Morgan fingerprint density at radius 1 is 0.966 bits per heavy atom. The van der Waals surface area contributed by atoms with Crippen molar-refractivity contribution in [2.45, 2.75) is 43.3 Å². The number of carboxylic acids is 1. The smallest absolute Gasteiger partial charge is 0.335 e. The van der Waals surface area contributed by atoms with Crippen molar-refractivity contribution < 1.29 is 9.90 Å². The quantitative estimate of drug-likeness (QED) is 0.490. The fraction of sp³-hybridized carbons (Fsp3) is 0.240. The third-order valence-electron chi connectivity index (χ3n) is 5.11. The van der Waals surface area contributed by atoms with Crippen LogP contribution in [0.25, 0.3) is 5.57 Å². The minimum atomic E-state index is -0.880. The highest BCUT2D eigenvalue weighted by atomic mass is 32.2. The molecule has 2 nitrogen and oxygen atoms in total. The molecule has 4 rings (SSSR count). The molecule has 1 aliphatic heterocycles. The van der Waals surface area contributed by atoms with E-state index in [1.54, 1.807) is 12.1 Å². The second kappa shape index (κ2) is 7.85. The van der Waals surface area contributed by atoms with Crippen LogP contribution in [0.3, 0.4) is 0 Å². The highest BCUT2D eigenvalue weighted by Gasteiger charge is 2.27. The number of aryl methyl sites for hydroxylation is 3. The first-order valence-electron chi connectivity index (χ1n) is 9.75. The molecular weight excluding hydrogens is 396 g/mol. The van der Waals surface area contributed by atoms with E-state index in [0.29, 0.717) is 5.56 Å². The molecule has 0 radical (unpaired) electrons. The third kappa shape index (κ3) is 4.49. The minimum Gasteiger partial charge on any atom is -0.478 e. The predicted molar refractivity (Wildman–Crippen MR) is 123 cm³/mol. The van der Waals surface area contributed by atoms with Crippen LogP contribution in [0, 0.1) is 6.92 Å². The lowest BCUT2D eigenvalue weighted by Crippen LogP contribution is -2.16. The lowest BCUT2D eigenvalue weighted by atomic mass is 9.95. The van der Waals surface area contributed by atoms with Crippen molar-refractivity contribution in [3.8, 4) is 0 Å². The Bertz CT molecular complexity index is 1090. The van der Waals surface area contributed by atoms with Gasteiger partial charge in [-0.25, -0.2) is 4.79 Å². The number of aromatic carboxylic acids is 1. The average Bonchev–Trinajstić information content (AvgIpc) is 3.11. The van der Waals surface area contributed by atoms with Crippen molar-refractivity contribution >= 4 is 34.6 Å². The summed E-state index contributed by atoms with van der Waals surface area (Å²) in [6.45, 7) is 6.70. The van der Waals surface area contributed by atoms with Gasteiger partial charge >= 0.3 is 5.97 Å². The van der Waals surface area contributed by atoms with E-state index in [1.807, 2.05) is 35.2 Å². The number of hydrogen-bond donors (Lipinski definition) is 1. The van der Waals surface area contributed by atoms with Crippen LogP contribution in [0.4, 0.5) is 0 Å². The van der Waals surface area contributed by atoms with Gasteiger partial charge in [0, 0.05) is 19.4 Å². The molecule has 4 heteroatoms. The van der Waals surface area contributed by atoms with E-state index in [0.717, 1.165) is 18.4 Å². The van der Waals surface area contributed by atoms with E-state index in [9.17, 15) is 4.79 Å². The van der Waals surface area contributed by atoms with Crippen LogP contribution in [-0.4, -0.2) is 15.8 Å². The van der Waals surface area contributed by atoms with Crippen molar-refractivity contribution in [3.05, 3.63) is 92.7 Å². The summed E-state index contributed by atoms with van der Waals surface area (Å²) in [6, 6.07) is 18.5. The van der Waals surface area contributed by atoms with E-state index in [-0.39, 0.29) is 4.75 Å². The lowest BCUT2D eigenvalue weighted by Gasteiger charge is -2.29. The Balaban J connectivity index is 1.59. The number of fused-ring (bicyclic) bond motifs is 1. The Labute approximate surface area is 180 Å². The molecule has 2 aromatic carbocycles. The van der Waals surface area contributed by atoms with Crippen LogP contribution < -0.4 is 0 Å². The summed E-state index contributed by atoms with van der Waals surface area (Å²) in [6.07, 6.45) is 4.23. The summed E-state index contributed by atoms with van der Waals surface area (Å²) in [4.78, 5) is 15.0. The monoisotopic (exact) mass is 420 g/mol. The zero-order chi connectivity index (χ0) is 20.6. The number of rotatable bonds is 5. The maximum absolute atomic E-state index is 11.0. The lowest BCUT2D eigenvalue weighted by molar-refractivity contribution is 0.0697. The van der Waals surface area contributed by atoms with E-state index in [1.165, 1.54) is 31.3 Å². The van der Waals surface area contributed by atoms with Gasteiger partial charge in [0.2, 0.25) is 0 Å². The Morgan fingerprint density at radius 3 is 2.31 bits per heavy atom. The minimum absolute atomic E-state index is 0.0770. The van der Waals surface area contributed by atoms with Crippen molar-refractivity contribution in [1.82, 2.24) is 0 Å². The second-order valence-electron chi connectivity index (χ2n) is 8.01. The zero-order valence-corrected chi connectivity index (χ0v) is 18.5. The van der Waals surface area contributed by atoms with E-state index >= 15 is 0 Å². The molecule has 1 N–H and O–H groups in total. The first-order chi connectivity index (χ1) is 13.8. The Kier molecular flexibility index (Phi) is 5.41. The molecule has 0 fully saturated rings. The summed E-state index contributed by atoms with van der Waals surface area (Å²) >= 11 is 3.77. The molecule has 0 saturated heterocycles. The van der Waals surface area contributed by atoms with Crippen LogP contribution in [0.15, 0.2) is 65.6 Å². The van der Waals surface area contributed by atoms with Gasteiger partial charge in [-0.1, -0.05) is 24.3 Å². The van der Waals surface area contributed by atoms with Crippen molar-refractivity contribution in [3.63, 3.8) is 0 Å². The van der Waals surface area contributed by atoms with Crippen molar-refractivity contribution in [2.75, 3.05) is 0 Å². The Morgan fingerprint density at radius 2 is 1.66 bits per heavy atom. The van der Waals surface area contributed by atoms with Gasteiger partial charge < -0.3 is 5.11 Å². The number of carbonyl (C=O) groups is 1. The molecule has 0 amide bonds. The maximum Gasteiger partial charge on any atom is 0.335 e. The summed E-state index contributed by atoms with van der Waals surface area (Å²) < 4.78 is 0.0770. The summed E-state index contributed by atoms with van der Waals surface area (Å²) in [5, 5.41) is 9.05. The maximum atomic E-state index is 11.0. The summed E-state index contributed by atoms with van der Waals surface area (Å²) in [7, 11) is 0. The molecule has 1 aromatic heterocycles. The van der Waals surface area contributed by atoms with Crippen LogP contribution >= 0.6 is 23.1 Å². The summed E-state index contributed by atoms with van der Waals surface area (Å²) in [5.74, 6) is -0.880. The van der Waals surface area contributed by atoms with Crippen LogP contribution in [0.1, 0.15) is 50.7 Å². The number of thioether (sulfide) groups is 1. The molecule has 0 spiro atoms. The topological polar surface area (TPSA) is 37.3 Å². The number of hydrogen-bond acceptors (Lipinski definition) is 3. The van der Waals surface area contributed by atoms with Crippen molar-refractivity contribution in [2.24, 2.45) is 0 Å². The molecule has 1 aliphatic rings. The first-order valence-corrected chi connectivity index (χ1v) is 11.4. The third-order valence-corrected chi connectivity index (χ3v) is 7.36. The van der Waals surface area contributed by atoms with Gasteiger partial charge in [-0.15, -0.1) is 23.1 Å². The van der Waals surface area contributed by atoms with Crippen LogP contribution in [0.5, 0.6) is 0 Å². The molecule has 148 valence electrons. The van der Waals surface area contributed by atoms with Crippen LogP contribution in [0.2, 0.25) is 0 Å². The van der Waals surface area contributed by atoms with Gasteiger partial charge in [0.1, 0.15) is 0 Å².